The smallest absolute Gasteiger partial charge is 0.319 e. The van der Waals surface area contributed by atoms with Crippen molar-refractivity contribution in [2.24, 2.45) is 0 Å². The summed E-state index contributed by atoms with van der Waals surface area (Å²) in [5.74, 6) is -0.101. The number of para-hydroxylation sites is 1. The Morgan fingerprint density at radius 3 is 2.55 bits per heavy atom. The van der Waals surface area contributed by atoms with Crippen LogP contribution in [0.15, 0.2) is 77.3 Å². The Kier molecular flexibility index (Phi) is 6.37. The highest BCUT2D eigenvalue weighted by atomic mass is 79.9. The van der Waals surface area contributed by atoms with Crippen LogP contribution in [0.25, 0.3) is 0 Å². The number of halogens is 1. The first-order chi connectivity index (χ1) is 15.0. The summed E-state index contributed by atoms with van der Waals surface area (Å²) in [6.45, 7) is 2.58. The third-order valence-corrected chi connectivity index (χ3v) is 6.34. The van der Waals surface area contributed by atoms with Crippen LogP contribution in [-0.4, -0.2) is 24.5 Å². The number of nitrogens with one attached hydrogen (secondary N) is 2. The second kappa shape index (κ2) is 9.35. The molecule has 1 aliphatic heterocycles. The van der Waals surface area contributed by atoms with Crippen molar-refractivity contribution in [3.8, 4) is 0 Å². The van der Waals surface area contributed by atoms with Gasteiger partial charge in [0.1, 0.15) is 6.04 Å². The average Bonchev–Trinajstić information content (AvgIpc) is 3.20. The molecule has 0 spiro atoms. The maximum atomic E-state index is 13.5. The zero-order valence-electron chi connectivity index (χ0n) is 17.3. The molecule has 0 saturated carbocycles. The second-order valence-corrected chi connectivity index (χ2v) is 8.53. The van der Waals surface area contributed by atoms with Crippen molar-refractivity contribution in [1.82, 2.24) is 5.32 Å². The fraction of sp³-hybridized carbons (Fsp3) is 0.200. The minimum absolute atomic E-state index is 0.101. The summed E-state index contributed by atoms with van der Waals surface area (Å²) in [5, 5.41) is 5.75. The number of hydrogen-bond acceptors (Lipinski definition) is 2. The van der Waals surface area contributed by atoms with Crippen molar-refractivity contribution >= 4 is 39.2 Å². The normalized spacial score (nSPS) is 13.4. The standard InChI is InChI=1S/C25H24BrN3O2/c1-17-15-20(11-12-21(17)26)27-25(31)28-22(16-18-7-3-2-4-8-18)24(30)29-14-13-19-9-5-6-10-23(19)29/h2-12,15,22H,13-14,16H2,1H3,(H2,27,28,31). The molecular formula is C25H24BrN3O2. The van der Waals surface area contributed by atoms with Gasteiger partial charge in [-0.3, -0.25) is 4.79 Å². The number of aryl methyl sites for hydroxylation is 1. The van der Waals surface area contributed by atoms with Gasteiger partial charge in [0.05, 0.1) is 0 Å². The number of hydrogen-bond donors (Lipinski definition) is 2. The Bertz CT molecular complexity index is 1100. The summed E-state index contributed by atoms with van der Waals surface area (Å²) in [6.07, 6.45) is 1.25. The average molecular weight is 478 g/mol. The van der Waals surface area contributed by atoms with Gasteiger partial charge in [-0.15, -0.1) is 0 Å². The number of carbonyl (C=O) groups excluding carboxylic acids is 2. The van der Waals surface area contributed by atoms with E-state index in [1.165, 1.54) is 0 Å². The van der Waals surface area contributed by atoms with E-state index in [9.17, 15) is 9.59 Å². The van der Waals surface area contributed by atoms with Crippen molar-refractivity contribution in [2.45, 2.75) is 25.8 Å². The van der Waals surface area contributed by atoms with E-state index in [1.807, 2.05) is 79.7 Å². The van der Waals surface area contributed by atoms with Gasteiger partial charge in [0.2, 0.25) is 5.91 Å². The number of amides is 3. The highest BCUT2D eigenvalue weighted by Gasteiger charge is 2.31. The Labute approximate surface area is 190 Å². The van der Waals surface area contributed by atoms with E-state index in [1.54, 1.807) is 4.90 Å². The molecule has 1 atom stereocenters. The van der Waals surface area contributed by atoms with Gasteiger partial charge in [-0.2, -0.15) is 0 Å². The zero-order valence-corrected chi connectivity index (χ0v) is 18.9. The highest BCUT2D eigenvalue weighted by molar-refractivity contribution is 9.10. The highest BCUT2D eigenvalue weighted by Crippen LogP contribution is 2.28. The van der Waals surface area contributed by atoms with Crippen LogP contribution in [0.4, 0.5) is 16.2 Å². The molecule has 3 amide bonds. The lowest BCUT2D eigenvalue weighted by Gasteiger charge is -2.25. The molecule has 0 saturated heterocycles. The fourth-order valence-corrected chi connectivity index (χ4v) is 4.10. The van der Waals surface area contributed by atoms with Crippen molar-refractivity contribution in [3.05, 3.63) is 94.0 Å². The molecule has 6 heteroatoms. The predicted molar refractivity (Wildman–Crippen MR) is 127 cm³/mol. The van der Waals surface area contributed by atoms with E-state index in [-0.39, 0.29) is 5.91 Å². The summed E-state index contributed by atoms with van der Waals surface area (Å²) < 4.78 is 0.975. The third kappa shape index (κ3) is 4.97. The lowest BCUT2D eigenvalue weighted by atomic mass is 10.0. The topological polar surface area (TPSA) is 61.4 Å². The van der Waals surface area contributed by atoms with Crippen LogP contribution in [0, 0.1) is 6.92 Å². The summed E-state index contributed by atoms with van der Waals surface area (Å²) in [5.41, 5.74) is 4.77. The van der Waals surface area contributed by atoms with Gasteiger partial charge in [0.15, 0.2) is 0 Å². The van der Waals surface area contributed by atoms with Crippen molar-refractivity contribution in [1.29, 1.82) is 0 Å². The largest absolute Gasteiger partial charge is 0.326 e. The molecule has 1 heterocycles. The van der Waals surface area contributed by atoms with Gasteiger partial charge in [0.25, 0.3) is 0 Å². The van der Waals surface area contributed by atoms with Crippen molar-refractivity contribution < 1.29 is 9.59 Å². The summed E-state index contributed by atoms with van der Waals surface area (Å²) in [6, 6.07) is 22.2. The number of rotatable bonds is 5. The lowest BCUT2D eigenvalue weighted by Crippen LogP contribution is -2.50. The van der Waals surface area contributed by atoms with Crippen LogP contribution < -0.4 is 15.5 Å². The molecule has 0 aliphatic carbocycles. The summed E-state index contributed by atoms with van der Waals surface area (Å²) >= 11 is 3.46. The van der Waals surface area contributed by atoms with E-state index in [4.69, 9.17) is 0 Å². The first-order valence-corrected chi connectivity index (χ1v) is 11.1. The maximum Gasteiger partial charge on any atom is 0.319 e. The number of fused-ring (bicyclic) bond motifs is 1. The van der Waals surface area contributed by atoms with Crippen LogP contribution >= 0.6 is 15.9 Å². The molecule has 3 aromatic carbocycles. The maximum absolute atomic E-state index is 13.5. The lowest BCUT2D eigenvalue weighted by molar-refractivity contribution is -0.120. The zero-order chi connectivity index (χ0) is 21.8. The van der Waals surface area contributed by atoms with E-state index >= 15 is 0 Å². The van der Waals surface area contributed by atoms with Gasteiger partial charge >= 0.3 is 6.03 Å². The molecule has 4 rings (SSSR count). The monoisotopic (exact) mass is 477 g/mol. The third-order valence-electron chi connectivity index (χ3n) is 5.46. The quantitative estimate of drug-likeness (QED) is 0.538. The van der Waals surface area contributed by atoms with E-state index in [2.05, 4.69) is 26.6 Å². The van der Waals surface area contributed by atoms with E-state index in [0.29, 0.717) is 18.7 Å². The van der Waals surface area contributed by atoms with Crippen molar-refractivity contribution in [2.75, 3.05) is 16.8 Å². The SMILES string of the molecule is Cc1cc(NC(=O)NC(Cc2ccccc2)C(=O)N2CCc3ccccc32)ccc1Br. The molecule has 0 radical (unpaired) electrons. The minimum Gasteiger partial charge on any atom is -0.326 e. The van der Waals surface area contributed by atoms with Gasteiger partial charge < -0.3 is 15.5 Å². The molecule has 0 aromatic heterocycles. The molecule has 0 fully saturated rings. The molecule has 31 heavy (non-hydrogen) atoms. The minimum atomic E-state index is -0.676. The predicted octanol–water partition coefficient (Wildman–Crippen LogP) is 5.08. The molecule has 3 aromatic rings. The first-order valence-electron chi connectivity index (χ1n) is 10.3. The van der Waals surface area contributed by atoms with Crippen LogP contribution in [0.2, 0.25) is 0 Å². The fourth-order valence-electron chi connectivity index (χ4n) is 3.85. The molecule has 158 valence electrons. The second-order valence-electron chi connectivity index (χ2n) is 7.67. The number of nitrogens with zero attached hydrogens (tertiary/aromatic N) is 1. The summed E-state index contributed by atoms with van der Waals surface area (Å²) in [7, 11) is 0. The van der Waals surface area contributed by atoms with E-state index in [0.717, 1.165) is 33.3 Å². The number of carbonyl (C=O) groups is 2. The molecule has 5 nitrogen and oxygen atoms in total. The van der Waals surface area contributed by atoms with Crippen molar-refractivity contribution in [3.63, 3.8) is 0 Å². The Hall–Kier alpha value is -3.12. The van der Waals surface area contributed by atoms with Crippen LogP contribution in [0.5, 0.6) is 0 Å². The Morgan fingerprint density at radius 1 is 1.03 bits per heavy atom. The van der Waals surface area contributed by atoms with Crippen LogP contribution in [0.3, 0.4) is 0 Å². The molecule has 0 bridgehead atoms. The number of anilines is 2. The molecule has 2 N–H and O–H groups in total. The number of urea groups is 1. The molecular weight excluding hydrogens is 454 g/mol. The van der Waals surface area contributed by atoms with Gasteiger partial charge in [0, 0.05) is 28.8 Å². The van der Waals surface area contributed by atoms with Crippen LogP contribution in [-0.2, 0) is 17.6 Å². The van der Waals surface area contributed by atoms with Gasteiger partial charge in [-0.05, 0) is 54.3 Å². The number of benzene rings is 3. The van der Waals surface area contributed by atoms with E-state index < -0.39 is 12.1 Å². The van der Waals surface area contributed by atoms with Crippen LogP contribution in [0.1, 0.15) is 16.7 Å². The Balaban J connectivity index is 1.53. The van der Waals surface area contributed by atoms with Gasteiger partial charge in [-0.25, -0.2) is 4.79 Å². The summed E-state index contributed by atoms with van der Waals surface area (Å²) in [4.78, 5) is 28.0. The Morgan fingerprint density at radius 2 is 1.77 bits per heavy atom. The first kappa shape index (κ1) is 21.1. The molecule has 1 aliphatic rings. The van der Waals surface area contributed by atoms with Gasteiger partial charge in [-0.1, -0.05) is 64.5 Å². The molecule has 1 unspecified atom stereocenters.